The van der Waals surface area contributed by atoms with E-state index in [9.17, 15) is 0 Å². The van der Waals surface area contributed by atoms with Gasteiger partial charge in [-0.2, -0.15) is 0 Å². The van der Waals surface area contributed by atoms with Crippen LogP contribution in [0, 0.1) is 0 Å². The third-order valence-corrected chi connectivity index (χ3v) is 4.71. The topological polar surface area (TPSA) is 47.1 Å². The fourth-order valence-corrected chi connectivity index (χ4v) is 3.48. The lowest BCUT2D eigenvalue weighted by atomic mass is 10.3. The van der Waals surface area contributed by atoms with Crippen LogP contribution in [0.5, 0.6) is 0 Å². The molecule has 0 saturated carbocycles. The van der Waals surface area contributed by atoms with Gasteiger partial charge in [0.2, 0.25) is 0 Å². The van der Waals surface area contributed by atoms with Crippen molar-refractivity contribution in [2.45, 2.75) is 19.5 Å². The fraction of sp³-hybridized carbons (Fsp3) is 0.250. The van der Waals surface area contributed by atoms with E-state index in [1.54, 1.807) is 11.3 Å². The smallest absolute Gasteiger partial charge is 0.193 e. The summed E-state index contributed by atoms with van der Waals surface area (Å²) < 4.78 is 4.21. The van der Waals surface area contributed by atoms with Crippen molar-refractivity contribution in [3.05, 3.63) is 53.6 Å². The Balaban J connectivity index is 1.54. The number of rotatable bonds is 4. The van der Waals surface area contributed by atoms with Gasteiger partial charge in [-0.05, 0) is 19.1 Å². The summed E-state index contributed by atoms with van der Waals surface area (Å²) in [6, 6.07) is 8.38. The molecule has 0 saturated heterocycles. The third kappa shape index (κ3) is 2.20. The largest absolute Gasteiger partial charge is 0.330 e. The Hall–Kier alpha value is -2.18. The van der Waals surface area contributed by atoms with Crippen LogP contribution >= 0.6 is 11.3 Å². The zero-order chi connectivity index (χ0) is 15.1. The summed E-state index contributed by atoms with van der Waals surface area (Å²) in [5.41, 5.74) is 3.25. The van der Waals surface area contributed by atoms with Crippen molar-refractivity contribution in [3.63, 3.8) is 0 Å². The molecule has 0 spiro atoms. The van der Waals surface area contributed by atoms with Crippen LogP contribution in [0.25, 0.3) is 16.0 Å². The molecule has 4 aromatic rings. The first-order valence-corrected chi connectivity index (χ1v) is 8.16. The molecule has 0 amide bonds. The van der Waals surface area contributed by atoms with Crippen LogP contribution in [0.1, 0.15) is 24.5 Å². The Morgan fingerprint density at radius 3 is 2.95 bits per heavy atom. The number of aromatic nitrogens is 4. The minimum absolute atomic E-state index is 0.164. The molecule has 0 aliphatic rings. The van der Waals surface area contributed by atoms with Gasteiger partial charge in [0.15, 0.2) is 4.96 Å². The molecule has 0 aliphatic heterocycles. The van der Waals surface area contributed by atoms with E-state index in [1.165, 1.54) is 0 Å². The van der Waals surface area contributed by atoms with Crippen LogP contribution < -0.4 is 5.32 Å². The monoisotopic (exact) mass is 311 g/mol. The maximum Gasteiger partial charge on any atom is 0.193 e. The molecular formula is C16H17N5S. The quantitative estimate of drug-likeness (QED) is 0.630. The number of imidazole rings is 2. The second-order valence-electron chi connectivity index (χ2n) is 5.45. The van der Waals surface area contributed by atoms with E-state index in [4.69, 9.17) is 4.98 Å². The van der Waals surface area contributed by atoms with Gasteiger partial charge >= 0.3 is 0 Å². The lowest BCUT2D eigenvalue weighted by Gasteiger charge is -2.12. The number of nitrogens with one attached hydrogen (secondary N) is 1. The average Bonchev–Trinajstić information content (AvgIpc) is 3.19. The highest BCUT2D eigenvalue weighted by atomic mass is 32.1. The van der Waals surface area contributed by atoms with Gasteiger partial charge in [-0.3, -0.25) is 4.40 Å². The van der Waals surface area contributed by atoms with Gasteiger partial charge < -0.3 is 9.88 Å². The highest BCUT2D eigenvalue weighted by molar-refractivity contribution is 7.15. The first kappa shape index (κ1) is 13.5. The predicted octanol–water partition coefficient (Wildman–Crippen LogP) is 3.13. The summed E-state index contributed by atoms with van der Waals surface area (Å²) in [6.45, 7) is 2.87. The first-order chi connectivity index (χ1) is 10.7. The summed E-state index contributed by atoms with van der Waals surface area (Å²) in [6.07, 6.45) is 4.10. The molecule has 1 atom stereocenters. The molecule has 0 bridgehead atoms. The minimum atomic E-state index is 0.164. The second-order valence-corrected chi connectivity index (χ2v) is 6.32. The minimum Gasteiger partial charge on any atom is -0.330 e. The number of hydrogen-bond donors (Lipinski definition) is 1. The summed E-state index contributed by atoms with van der Waals surface area (Å²) in [5, 5.41) is 5.56. The lowest BCUT2D eigenvalue weighted by Crippen LogP contribution is -2.21. The van der Waals surface area contributed by atoms with Crippen LogP contribution in [0.3, 0.4) is 0 Å². The van der Waals surface area contributed by atoms with Crippen molar-refractivity contribution in [1.29, 1.82) is 0 Å². The summed E-state index contributed by atoms with van der Waals surface area (Å²) in [7, 11) is 2.06. The van der Waals surface area contributed by atoms with Gasteiger partial charge in [-0.1, -0.05) is 12.1 Å². The Bertz CT molecular complexity index is 904. The van der Waals surface area contributed by atoms with Gasteiger partial charge in [0.05, 0.1) is 22.8 Å². The van der Waals surface area contributed by atoms with Crippen molar-refractivity contribution in [1.82, 2.24) is 24.3 Å². The van der Waals surface area contributed by atoms with E-state index in [2.05, 4.69) is 51.6 Å². The Morgan fingerprint density at radius 1 is 1.27 bits per heavy atom. The molecule has 3 aromatic heterocycles. The van der Waals surface area contributed by atoms with Gasteiger partial charge in [-0.25, -0.2) is 9.97 Å². The average molecular weight is 311 g/mol. The van der Waals surface area contributed by atoms with Crippen LogP contribution in [-0.4, -0.2) is 18.9 Å². The third-order valence-electron chi connectivity index (χ3n) is 3.94. The molecule has 1 unspecified atom stereocenters. The Kier molecular flexibility index (Phi) is 3.20. The lowest BCUT2D eigenvalue weighted by molar-refractivity contribution is 0.529. The zero-order valence-corrected chi connectivity index (χ0v) is 13.3. The summed E-state index contributed by atoms with van der Waals surface area (Å²) in [4.78, 5) is 10.4. The summed E-state index contributed by atoms with van der Waals surface area (Å²) in [5.74, 6) is 1.04. The van der Waals surface area contributed by atoms with Crippen LogP contribution in [0.15, 0.2) is 42.0 Å². The first-order valence-electron chi connectivity index (χ1n) is 7.28. The molecule has 1 aromatic carbocycles. The van der Waals surface area contributed by atoms with E-state index in [0.29, 0.717) is 0 Å². The standard InChI is InChI=1S/C16H17N5S/c1-11(15-19-13-5-3-4-6-14(13)20(15)2)17-9-12-10-21-7-8-22-16(21)18-12/h3-8,10-11,17H,9H2,1-2H3. The number of hydrogen-bond acceptors (Lipinski definition) is 4. The number of fused-ring (bicyclic) bond motifs is 2. The SMILES string of the molecule is CC(NCc1cn2ccsc2n1)c1nc2ccccc2n1C. The van der Waals surface area contributed by atoms with Gasteiger partial charge in [0.25, 0.3) is 0 Å². The van der Waals surface area contributed by atoms with Gasteiger partial charge in [-0.15, -0.1) is 11.3 Å². The van der Waals surface area contributed by atoms with E-state index in [-0.39, 0.29) is 6.04 Å². The molecule has 112 valence electrons. The van der Waals surface area contributed by atoms with Crippen molar-refractivity contribution < 1.29 is 0 Å². The van der Waals surface area contributed by atoms with E-state index < -0.39 is 0 Å². The van der Waals surface area contributed by atoms with Crippen molar-refractivity contribution in [3.8, 4) is 0 Å². The molecule has 0 radical (unpaired) electrons. The zero-order valence-electron chi connectivity index (χ0n) is 12.5. The van der Waals surface area contributed by atoms with Crippen molar-refractivity contribution in [2.24, 2.45) is 7.05 Å². The molecular weight excluding hydrogens is 294 g/mol. The second kappa shape index (κ2) is 5.23. The predicted molar refractivity (Wildman–Crippen MR) is 89.0 cm³/mol. The normalized spacial score (nSPS) is 13.2. The Morgan fingerprint density at radius 2 is 2.14 bits per heavy atom. The molecule has 0 aliphatic carbocycles. The number of para-hydroxylation sites is 2. The van der Waals surface area contributed by atoms with Crippen LogP contribution in [0.2, 0.25) is 0 Å². The van der Waals surface area contributed by atoms with Crippen LogP contribution in [-0.2, 0) is 13.6 Å². The number of benzene rings is 1. The molecule has 0 fully saturated rings. The van der Waals surface area contributed by atoms with Crippen molar-refractivity contribution in [2.75, 3.05) is 0 Å². The maximum absolute atomic E-state index is 4.73. The summed E-state index contributed by atoms with van der Waals surface area (Å²) >= 11 is 1.65. The highest BCUT2D eigenvalue weighted by Crippen LogP contribution is 2.19. The van der Waals surface area contributed by atoms with Crippen molar-refractivity contribution >= 4 is 27.3 Å². The number of aryl methyl sites for hydroxylation is 1. The maximum atomic E-state index is 4.73. The highest BCUT2D eigenvalue weighted by Gasteiger charge is 2.14. The molecule has 4 rings (SSSR count). The van der Waals surface area contributed by atoms with E-state index in [1.807, 2.05) is 23.7 Å². The Labute approximate surface area is 132 Å². The van der Waals surface area contributed by atoms with E-state index in [0.717, 1.165) is 34.1 Å². The molecule has 5 nitrogen and oxygen atoms in total. The fourth-order valence-electron chi connectivity index (χ4n) is 2.76. The van der Waals surface area contributed by atoms with Gasteiger partial charge in [0, 0.05) is 31.4 Å². The van der Waals surface area contributed by atoms with Crippen LogP contribution in [0.4, 0.5) is 0 Å². The molecule has 3 heterocycles. The number of thiazole rings is 1. The molecule has 1 N–H and O–H groups in total. The molecule has 6 heteroatoms. The van der Waals surface area contributed by atoms with Gasteiger partial charge in [0.1, 0.15) is 5.82 Å². The van der Waals surface area contributed by atoms with E-state index >= 15 is 0 Å². The molecule has 22 heavy (non-hydrogen) atoms. The number of nitrogens with zero attached hydrogens (tertiary/aromatic N) is 4.